The topological polar surface area (TPSA) is 39.7 Å². The largest absolute Gasteiger partial charge is 0.357 e. The van der Waals surface area contributed by atoms with Crippen LogP contribution < -0.4 is 10.6 Å². The Morgan fingerprint density at radius 2 is 1.65 bits per heavy atom. The number of hydrogen-bond acceptors (Lipinski definition) is 2. The van der Waals surface area contributed by atoms with E-state index in [1.165, 1.54) is 13.0 Å². The Bertz CT molecular complexity index is 245. The molecule has 2 N–H and O–H groups in total. The fourth-order valence-corrected chi connectivity index (χ4v) is 1.84. The van der Waals surface area contributed by atoms with Crippen LogP contribution in [0.15, 0.2) is 4.99 Å². The molecule has 0 atom stereocenters. The van der Waals surface area contributed by atoms with Gasteiger partial charge in [0.1, 0.15) is 0 Å². The molecule has 0 aromatic rings. The number of hydrogen-bond donors (Lipinski definition) is 2. The highest BCUT2D eigenvalue weighted by Gasteiger charge is 2.11. The van der Waals surface area contributed by atoms with Gasteiger partial charge < -0.3 is 15.5 Å². The average molecular weight is 398 g/mol. The molecule has 0 aromatic carbocycles. The van der Waals surface area contributed by atoms with E-state index >= 15 is 0 Å². The Hall–Kier alpha value is -0.0400. The minimum atomic E-state index is 0. The number of aliphatic imine (C=N–C) groups is 1. The third kappa shape index (κ3) is 13.0. The van der Waals surface area contributed by atoms with Gasteiger partial charge in [-0.3, -0.25) is 4.99 Å². The molecule has 0 unspecified atom stereocenters. The third-order valence-corrected chi connectivity index (χ3v) is 2.88. The van der Waals surface area contributed by atoms with E-state index in [-0.39, 0.29) is 29.5 Å². The van der Waals surface area contributed by atoms with Crippen molar-refractivity contribution in [1.82, 2.24) is 15.5 Å². The number of rotatable bonds is 8. The molecule has 0 heterocycles. The predicted octanol–water partition coefficient (Wildman–Crippen LogP) is 3.08. The van der Waals surface area contributed by atoms with Crippen molar-refractivity contribution in [3.8, 4) is 0 Å². The van der Waals surface area contributed by atoms with Crippen LogP contribution in [0.1, 0.15) is 54.4 Å². The zero-order valence-electron chi connectivity index (χ0n) is 14.3. The molecule has 0 saturated carbocycles. The van der Waals surface area contributed by atoms with E-state index in [4.69, 9.17) is 0 Å². The van der Waals surface area contributed by atoms with Crippen LogP contribution in [0.4, 0.5) is 0 Å². The summed E-state index contributed by atoms with van der Waals surface area (Å²) in [5.74, 6) is 0.929. The van der Waals surface area contributed by atoms with Crippen LogP contribution in [0.5, 0.6) is 0 Å². The van der Waals surface area contributed by atoms with Gasteiger partial charge in [-0.1, -0.05) is 13.8 Å². The zero-order chi connectivity index (χ0) is 14.7. The van der Waals surface area contributed by atoms with Gasteiger partial charge in [-0.2, -0.15) is 0 Å². The first kappa shape index (κ1) is 22.2. The predicted molar refractivity (Wildman–Crippen MR) is 101 cm³/mol. The Morgan fingerprint density at radius 3 is 2.10 bits per heavy atom. The maximum Gasteiger partial charge on any atom is 0.191 e. The van der Waals surface area contributed by atoms with Crippen molar-refractivity contribution in [3.05, 3.63) is 0 Å². The van der Waals surface area contributed by atoms with Gasteiger partial charge >= 0.3 is 0 Å². The highest BCUT2D eigenvalue weighted by molar-refractivity contribution is 14.0. The van der Waals surface area contributed by atoms with E-state index in [1.807, 2.05) is 0 Å². The molecule has 0 aliphatic carbocycles. The number of nitrogens with zero attached hydrogens (tertiary/aromatic N) is 2. The fourth-order valence-electron chi connectivity index (χ4n) is 1.84. The Kier molecular flexibility index (Phi) is 14.1. The quantitative estimate of drug-likeness (QED) is 0.286. The molecule has 122 valence electrons. The van der Waals surface area contributed by atoms with Crippen LogP contribution in [0.2, 0.25) is 0 Å². The Balaban J connectivity index is 0. The molecular formula is C15H35IN4. The molecule has 0 aromatic heterocycles. The van der Waals surface area contributed by atoms with Crippen LogP contribution in [-0.2, 0) is 0 Å². The van der Waals surface area contributed by atoms with Crippen LogP contribution in [-0.4, -0.2) is 49.1 Å². The number of unbranched alkanes of at least 4 members (excludes halogenated alkanes) is 1. The monoisotopic (exact) mass is 398 g/mol. The lowest BCUT2D eigenvalue weighted by Crippen LogP contribution is -2.47. The van der Waals surface area contributed by atoms with Crippen LogP contribution in [0.25, 0.3) is 0 Å². The van der Waals surface area contributed by atoms with Crippen molar-refractivity contribution in [1.29, 1.82) is 0 Å². The molecule has 0 fully saturated rings. The molecule has 0 saturated heterocycles. The maximum absolute atomic E-state index is 4.62. The van der Waals surface area contributed by atoms with Gasteiger partial charge in [0.25, 0.3) is 0 Å². The minimum Gasteiger partial charge on any atom is -0.357 e. The second kappa shape index (κ2) is 12.7. The van der Waals surface area contributed by atoms with Crippen LogP contribution in [0, 0.1) is 0 Å². The summed E-state index contributed by atoms with van der Waals surface area (Å²) in [5, 5.41) is 6.70. The van der Waals surface area contributed by atoms with E-state index in [9.17, 15) is 0 Å². The summed E-state index contributed by atoms with van der Waals surface area (Å²) >= 11 is 0. The molecular weight excluding hydrogens is 363 g/mol. The Morgan fingerprint density at radius 1 is 1.05 bits per heavy atom. The molecule has 0 aliphatic rings. The summed E-state index contributed by atoms with van der Waals surface area (Å²) in [7, 11) is 0. The molecule has 0 rings (SSSR count). The van der Waals surface area contributed by atoms with Gasteiger partial charge in [0.15, 0.2) is 5.96 Å². The van der Waals surface area contributed by atoms with Gasteiger partial charge in [-0.15, -0.1) is 24.0 Å². The highest BCUT2D eigenvalue weighted by atomic mass is 127. The molecule has 0 amide bonds. The molecule has 0 aliphatic heterocycles. The number of halogens is 1. The fraction of sp³-hybridized carbons (Fsp3) is 0.933. The van der Waals surface area contributed by atoms with Crippen molar-refractivity contribution in [2.24, 2.45) is 4.99 Å². The number of guanidine groups is 1. The van der Waals surface area contributed by atoms with Crippen molar-refractivity contribution in [2.45, 2.75) is 59.9 Å². The first-order chi connectivity index (χ1) is 8.92. The third-order valence-electron chi connectivity index (χ3n) is 2.88. The summed E-state index contributed by atoms with van der Waals surface area (Å²) < 4.78 is 0. The average Bonchev–Trinajstić information content (AvgIpc) is 2.32. The first-order valence-electron chi connectivity index (χ1n) is 7.71. The van der Waals surface area contributed by atoms with Gasteiger partial charge in [-0.05, 0) is 60.2 Å². The second-order valence-electron chi connectivity index (χ2n) is 5.87. The van der Waals surface area contributed by atoms with Crippen LogP contribution in [0.3, 0.4) is 0 Å². The second-order valence-corrected chi connectivity index (χ2v) is 5.87. The molecule has 4 nitrogen and oxygen atoms in total. The molecule has 0 bridgehead atoms. The lowest BCUT2D eigenvalue weighted by molar-refractivity contribution is 0.297. The molecule has 20 heavy (non-hydrogen) atoms. The summed E-state index contributed by atoms with van der Waals surface area (Å²) in [4.78, 5) is 7.08. The Labute approximate surface area is 143 Å². The SMILES string of the molecule is CCNC(=NCCCCN(CC)CC)NC(C)(C)C.I. The lowest BCUT2D eigenvalue weighted by Gasteiger charge is -2.23. The van der Waals surface area contributed by atoms with E-state index in [2.05, 4.69) is 62.1 Å². The smallest absolute Gasteiger partial charge is 0.191 e. The van der Waals surface area contributed by atoms with E-state index in [0.29, 0.717) is 0 Å². The van der Waals surface area contributed by atoms with E-state index in [1.54, 1.807) is 0 Å². The lowest BCUT2D eigenvalue weighted by atomic mass is 10.1. The van der Waals surface area contributed by atoms with Crippen LogP contribution >= 0.6 is 24.0 Å². The highest BCUT2D eigenvalue weighted by Crippen LogP contribution is 1.99. The van der Waals surface area contributed by atoms with Gasteiger partial charge in [-0.25, -0.2) is 0 Å². The van der Waals surface area contributed by atoms with Crippen molar-refractivity contribution >= 4 is 29.9 Å². The van der Waals surface area contributed by atoms with Crippen molar-refractivity contribution in [2.75, 3.05) is 32.7 Å². The van der Waals surface area contributed by atoms with Crippen molar-refractivity contribution < 1.29 is 0 Å². The summed E-state index contributed by atoms with van der Waals surface area (Å²) in [5.41, 5.74) is 0.0578. The minimum absolute atomic E-state index is 0. The van der Waals surface area contributed by atoms with Crippen molar-refractivity contribution in [3.63, 3.8) is 0 Å². The summed E-state index contributed by atoms with van der Waals surface area (Å²) in [6.07, 6.45) is 2.37. The zero-order valence-corrected chi connectivity index (χ0v) is 16.6. The first-order valence-corrected chi connectivity index (χ1v) is 7.71. The van der Waals surface area contributed by atoms with Gasteiger partial charge in [0, 0.05) is 18.6 Å². The standard InChI is InChI=1S/C15H34N4.HI/c1-7-16-14(18-15(4,5)6)17-12-10-11-13-19(8-2)9-3;/h7-13H2,1-6H3,(H2,16,17,18);1H. The summed E-state index contributed by atoms with van der Waals surface area (Å²) in [6, 6.07) is 0. The molecule has 0 radical (unpaired) electrons. The molecule has 0 spiro atoms. The molecule has 5 heteroatoms. The van der Waals surface area contributed by atoms with E-state index in [0.717, 1.165) is 38.6 Å². The normalized spacial score (nSPS) is 12.2. The number of nitrogens with one attached hydrogen (secondary N) is 2. The van der Waals surface area contributed by atoms with E-state index < -0.39 is 0 Å². The maximum atomic E-state index is 4.62. The van der Waals surface area contributed by atoms with Gasteiger partial charge in [0.2, 0.25) is 0 Å². The summed E-state index contributed by atoms with van der Waals surface area (Å²) in [6.45, 7) is 18.3. The van der Waals surface area contributed by atoms with Gasteiger partial charge in [0.05, 0.1) is 0 Å².